The molecule has 0 aromatic carbocycles. The van der Waals surface area contributed by atoms with Crippen molar-refractivity contribution in [2.24, 2.45) is 0 Å². The van der Waals surface area contributed by atoms with Crippen LogP contribution >= 0.6 is 0 Å². The molecule has 0 saturated heterocycles. The molecule has 2 N–H and O–H groups in total. The average molecular weight is 405 g/mol. The molecule has 160 valence electrons. The van der Waals surface area contributed by atoms with Crippen LogP contribution in [-0.4, -0.2) is 40.7 Å². The van der Waals surface area contributed by atoms with Gasteiger partial charge in [-0.2, -0.15) is 4.89 Å². The fraction of sp³-hybridized carbons (Fsp3) is 0.571. The van der Waals surface area contributed by atoms with Crippen LogP contribution in [0, 0.1) is 11.8 Å². The smallest absolute Gasteiger partial charge is 0.233 e. The van der Waals surface area contributed by atoms with Gasteiger partial charge in [0.15, 0.2) is 0 Å². The van der Waals surface area contributed by atoms with Crippen LogP contribution < -0.4 is 10.1 Å². The van der Waals surface area contributed by atoms with Gasteiger partial charge in [0.1, 0.15) is 6.61 Å². The second-order valence-electron chi connectivity index (χ2n) is 6.73. The topological polar surface area (TPSA) is 86.5 Å². The summed E-state index contributed by atoms with van der Waals surface area (Å²) in [5.74, 6) is 5.75. The lowest BCUT2D eigenvalue weighted by atomic mass is 9.95. The van der Waals surface area contributed by atoms with Crippen LogP contribution in [0.15, 0.2) is 30.5 Å². The van der Waals surface area contributed by atoms with Crippen LogP contribution in [0.25, 0.3) is 5.52 Å². The molecule has 0 unspecified atom stereocenters. The van der Waals surface area contributed by atoms with E-state index >= 15 is 0 Å². The molecule has 0 aliphatic heterocycles. The molecule has 0 radical (unpaired) electrons. The number of ether oxygens (including phenoxy) is 1. The predicted molar refractivity (Wildman–Crippen MR) is 109 cm³/mol. The molecule has 8 heteroatoms. The van der Waals surface area contributed by atoms with Crippen molar-refractivity contribution >= 4 is 5.52 Å². The van der Waals surface area contributed by atoms with Crippen LogP contribution in [0.1, 0.15) is 51.9 Å². The molecule has 1 aliphatic carbocycles. The monoisotopic (exact) mass is 405 g/mol. The summed E-state index contributed by atoms with van der Waals surface area (Å²) in [6.45, 7) is 3.59. The Kier molecular flexibility index (Phi) is 11.8. The van der Waals surface area contributed by atoms with Gasteiger partial charge in [-0.05, 0) is 61.4 Å². The molecule has 0 spiro atoms. The van der Waals surface area contributed by atoms with E-state index in [-0.39, 0.29) is 6.61 Å². The maximum absolute atomic E-state index is 7.47. The van der Waals surface area contributed by atoms with E-state index in [9.17, 15) is 0 Å². The van der Waals surface area contributed by atoms with Crippen LogP contribution in [0.3, 0.4) is 0 Å². The third kappa shape index (κ3) is 9.74. The van der Waals surface area contributed by atoms with Gasteiger partial charge < -0.3 is 10.1 Å². The van der Waals surface area contributed by atoms with Crippen molar-refractivity contribution in [3.63, 3.8) is 0 Å². The van der Waals surface area contributed by atoms with Crippen molar-refractivity contribution < 1.29 is 25.0 Å². The highest BCUT2D eigenvalue weighted by Gasteiger charge is 2.11. The highest BCUT2D eigenvalue weighted by Crippen LogP contribution is 2.17. The Labute approximate surface area is 171 Å². The zero-order valence-electron chi connectivity index (χ0n) is 17.0. The van der Waals surface area contributed by atoms with E-state index in [1.807, 2.05) is 35.0 Å². The lowest BCUT2D eigenvalue weighted by molar-refractivity contribution is -0.620. The van der Waals surface area contributed by atoms with Crippen LogP contribution in [-0.2, 0) is 15.0 Å². The quantitative estimate of drug-likeness (QED) is 0.269. The maximum atomic E-state index is 7.47. The second kappa shape index (κ2) is 14.8. The second-order valence-corrected chi connectivity index (χ2v) is 6.73. The molecule has 2 heterocycles. The van der Waals surface area contributed by atoms with Gasteiger partial charge >= 0.3 is 0 Å². The van der Waals surface area contributed by atoms with Gasteiger partial charge in [-0.3, -0.25) is 0 Å². The largest absolute Gasteiger partial charge is 0.477 e. The molecule has 1 aliphatic rings. The van der Waals surface area contributed by atoms with E-state index in [0.29, 0.717) is 0 Å². The standard InChI is InChI=1S/C17H25N3O.C4H6O4/c1-2-8-15(9-3-1)18-11-5-7-13-21-17-14-16-10-4-6-12-20(16)19-17;1-2-3-4-6-8-7-5/h4,6,10,12,14-15,18H,1-3,5,7-9,11,13H2;5H,4H2,1H3. The lowest BCUT2D eigenvalue weighted by Crippen LogP contribution is -2.31. The number of hydrogen-bond donors (Lipinski definition) is 2. The summed E-state index contributed by atoms with van der Waals surface area (Å²) in [6.07, 6.45) is 11.1. The predicted octanol–water partition coefficient (Wildman–Crippen LogP) is 3.78. The molecule has 2 aromatic heterocycles. The van der Waals surface area contributed by atoms with E-state index in [2.05, 4.69) is 37.2 Å². The number of pyridine rings is 1. The van der Waals surface area contributed by atoms with E-state index in [0.717, 1.165) is 37.0 Å². The van der Waals surface area contributed by atoms with Crippen molar-refractivity contribution in [3.05, 3.63) is 30.5 Å². The number of nitrogens with zero attached hydrogens (tertiary/aromatic N) is 2. The fourth-order valence-electron chi connectivity index (χ4n) is 3.15. The number of rotatable bonds is 10. The van der Waals surface area contributed by atoms with E-state index < -0.39 is 0 Å². The maximum Gasteiger partial charge on any atom is 0.233 e. The molecule has 2 aromatic rings. The molecular formula is C21H31N3O5. The number of fused-ring (bicyclic) bond motifs is 1. The zero-order chi connectivity index (χ0) is 20.6. The van der Waals surface area contributed by atoms with Crippen molar-refractivity contribution in [1.29, 1.82) is 0 Å². The Balaban J connectivity index is 0.000000321. The minimum absolute atomic E-state index is 0.0804. The Hall–Kier alpha value is -2.15. The molecular weight excluding hydrogens is 374 g/mol. The lowest BCUT2D eigenvalue weighted by Gasteiger charge is -2.22. The Bertz CT molecular complexity index is 701. The van der Waals surface area contributed by atoms with Crippen LogP contribution in [0.2, 0.25) is 0 Å². The number of nitrogens with one attached hydrogen (secondary N) is 1. The number of aromatic nitrogens is 2. The van der Waals surface area contributed by atoms with Crippen molar-refractivity contribution in [1.82, 2.24) is 14.9 Å². The molecule has 1 saturated carbocycles. The highest BCUT2D eigenvalue weighted by atomic mass is 17.6. The Morgan fingerprint density at radius 2 is 2.10 bits per heavy atom. The van der Waals surface area contributed by atoms with Crippen molar-refractivity contribution in [2.75, 3.05) is 19.8 Å². The van der Waals surface area contributed by atoms with Gasteiger partial charge in [0, 0.05) is 18.3 Å². The van der Waals surface area contributed by atoms with Gasteiger partial charge in [0.25, 0.3) is 0 Å². The summed E-state index contributed by atoms with van der Waals surface area (Å²) in [5, 5.41) is 22.2. The number of unbranched alkanes of at least 4 members (excludes halogenated alkanes) is 1. The van der Waals surface area contributed by atoms with E-state index in [1.165, 1.54) is 38.5 Å². The van der Waals surface area contributed by atoms with Gasteiger partial charge in [-0.25, -0.2) is 9.77 Å². The average Bonchev–Trinajstić information content (AvgIpc) is 3.18. The minimum atomic E-state index is 0.0804. The SMILES string of the molecule is CC#CCOOOO.c1ccn2nc(OCCCCNC3CCCCC3)cc2c1. The summed E-state index contributed by atoms with van der Waals surface area (Å²) in [4.78, 5) is 4.08. The Morgan fingerprint density at radius 1 is 1.24 bits per heavy atom. The number of hydrogen-bond acceptors (Lipinski definition) is 7. The van der Waals surface area contributed by atoms with Gasteiger partial charge in [0.2, 0.25) is 5.88 Å². The molecule has 0 bridgehead atoms. The van der Waals surface area contributed by atoms with E-state index in [1.54, 1.807) is 6.92 Å². The molecule has 3 rings (SSSR count). The first-order valence-corrected chi connectivity index (χ1v) is 10.1. The first-order chi connectivity index (χ1) is 14.3. The van der Waals surface area contributed by atoms with Gasteiger partial charge in [-0.15, -0.1) is 11.0 Å². The summed E-state index contributed by atoms with van der Waals surface area (Å²) in [7, 11) is 0. The third-order valence-electron chi connectivity index (χ3n) is 4.59. The summed E-state index contributed by atoms with van der Waals surface area (Å²) in [5.41, 5.74) is 1.08. The van der Waals surface area contributed by atoms with Crippen LogP contribution in [0.5, 0.6) is 5.88 Å². The summed E-state index contributed by atoms with van der Waals surface area (Å²) in [6, 6.07) is 8.77. The minimum Gasteiger partial charge on any atom is -0.477 e. The third-order valence-corrected chi connectivity index (χ3v) is 4.59. The van der Waals surface area contributed by atoms with Crippen LogP contribution in [0.4, 0.5) is 0 Å². The Morgan fingerprint density at radius 3 is 2.86 bits per heavy atom. The molecule has 29 heavy (non-hydrogen) atoms. The molecule has 0 atom stereocenters. The van der Waals surface area contributed by atoms with Gasteiger partial charge in [-0.1, -0.05) is 31.2 Å². The highest BCUT2D eigenvalue weighted by molar-refractivity contribution is 5.48. The normalized spacial score (nSPS) is 14.0. The first kappa shape index (κ1) is 23.1. The fourth-order valence-corrected chi connectivity index (χ4v) is 3.15. The zero-order valence-corrected chi connectivity index (χ0v) is 17.0. The molecule has 1 fully saturated rings. The van der Waals surface area contributed by atoms with Crippen molar-refractivity contribution in [2.45, 2.75) is 57.9 Å². The molecule has 0 amide bonds. The van der Waals surface area contributed by atoms with E-state index in [4.69, 9.17) is 9.99 Å². The van der Waals surface area contributed by atoms with Crippen molar-refractivity contribution in [3.8, 4) is 17.7 Å². The molecule has 8 nitrogen and oxygen atoms in total. The summed E-state index contributed by atoms with van der Waals surface area (Å²) >= 11 is 0. The first-order valence-electron chi connectivity index (χ1n) is 10.1. The van der Waals surface area contributed by atoms with Gasteiger partial charge in [0.05, 0.1) is 12.1 Å². The summed E-state index contributed by atoms with van der Waals surface area (Å²) < 4.78 is 7.57.